The molecule has 2 nitrogen and oxygen atoms in total. The Hall–Kier alpha value is -0.123. The zero-order chi connectivity index (χ0) is 16.4. The van der Waals surface area contributed by atoms with E-state index in [1.54, 1.807) is 0 Å². The largest absolute Gasteiger partial charge is 0.391 e. The van der Waals surface area contributed by atoms with Crippen molar-refractivity contribution in [3.05, 3.63) is 12.3 Å². The van der Waals surface area contributed by atoms with Gasteiger partial charge in [0.2, 0.25) is 0 Å². The van der Waals surface area contributed by atoms with Crippen molar-refractivity contribution in [1.29, 1.82) is 0 Å². The highest BCUT2D eigenvalue weighted by Gasteiger charge is 2.28. The van der Waals surface area contributed by atoms with Gasteiger partial charge in [0.1, 0.15) is 0 Å². The lowest BCUT2D eigenvalue weighted by Crippen LogP contribution is -2.38. The highest BCUT2D eigenvalue weighted by molar-refractivity contribution is 6.71. The first kappa shape index (κ1) is 20.9. The SMILES string of the molecule is C=C[Si](C)(OCCCCCCC)OCC(C)CC(C)(C)C. The molecule has 3 heteroatoms. The molecular weight excluding hydrogens is 276 g/mol. The molecule has 0 heterocycles. The fraction of sp³-hybridized carbons (Fsp3) is 0.889. The number of hydrogen-bond donors (Lipinski definition) is 0. The van der Waals surface area contributed by atoms with Crippen molar-refractivity contribution in [2.75, 3.05) is 13.2 Å². The minimum atomic E-state index is -2.17. The van der Waals surface area contributed by atoms with Gasteiger partial charge in [-0.25, -0.2) is 0 Å². The van der Waals surface area contributed by atoms with Crippen molar-refractivity contribution in [3.8, 4) is 0 Å². The highest BCUT2D eigenvalue weighted by atomic mass is 28.4. The van der Waals surface area contributed by atoms with Gasteiger partial charge in [-0.15, -0.1) is 6.58 Å². The van der Waals surface area contributed by atoms with Gasteiger partial charge in [0.05, 0.1) is 0 Å². The van der Waals surface area contributed by atoms with E-state index in [4.69, 9.17) is 8.85 Å². The van der Waals surface area contributed by atoms with E-state index in [1.807, 2.05) is 5.70 Å². The molecule has 0 aromatic heterocycles. The second-order valence-electron chi connectivity index (χ2n) is 7.66. The molecule has 0 aliphatic carbocycles. The summed E-state index contributed by atoms with van der Waals surface area (Å²) in [5, 5.41) is 0. The van der Waals surface area contributed by atoms with Gasteiger partial charge in [-0.2, -0.15) is 0 Å². The Balaban J connectivity index is 3.96. The molecule has 0 amide bonds. The van der Waals surface area contributed by atoms with Crippen LogP contribution in [-0.2, 0) is 8.85 Å². The topological polar surface area (TPSA) is 18.5 Å². The van der Waals surface area contributed by atoms with Gasteiger partial charge in [0.15, 0.2) is 0 Å². The number of hydrogen-bond acceptors (Lipinski definition) is 2. The minimum absolute atomic E-state index is 0.356. The Kier molecular flexibility index (Phi) is 10.5. The van der Waals surface area contributed by atoms with E-state index >= 15 is 0 Å². The summed E-state index contributed by atoms with van der Waals surface area (Å²) in [6.45, 7) is 19.0. The molecule has 0 saturated heterocycles. The van der Waals surface area contributed by atoms with E-state index in [0.717, 1.165) is 19.6 Å². The van der Waals surface area contributed by atoms with Crippen LogP contribution in [0.3, 0.4) is 0 Å². The predicted molar refractivity (Wildman–Crippen MR) is 95.7 cm³/mol. The molecule has 0 spiro atoms. The van der Waals surface area contributed by atoms with Gasteiger partial charge in [-0.1, -0.05) is 60.3 Å². The third kappa shape index (κ3) is 12.1. The molecule has 0 fully saturated rings. The van der Waals surface area contributed by atoms with Crippen LogP contribution in [0.5, 0.6) is 0 Å². The fourth-order valence-electron chi connectivity index (χ4n) is 2.55. The fourth-order valence-corrected chi connectivity index (χ4v) is 4.04. The van der Waals surface area contributed by atoms with Gasteiger partial charge in [-0.3, -0.25) is 0 Å². The van der Waals surface area contributed by atoms with Crippen molar-refractivity contribution in [1.82, 2.24) is 0 Å². The maximum absolute atomic E-state index is 6.11. The van der Waals surface area contributed by atoms with Crippen LogP contribution in [0.15, 0.2) is 12.3 Å². The van der Waals surface area contributed by atoms with Gasteiger partial charge in [-0.05, 0) is 36.4 Å². The average Bonchev–Trinajstić information content (AvgIpc) is 2.39. The Morgan fingerprint density at radius 1 is 1.10 bits per heavy atom. The van der Waals surface area contributed by atoms with Crippen LogP contribution < -0.4 is 0 Å². The zero-order valence-corrected chi connectivity index (χ0v) is 16.3. The molecule has 0 N–H and O–H groups in total. The Morgan fingerprint density at radius 2 is 1.71 bits per heavy atom. The first-order chi connectivity index (χ1) is 9.72. The predicted octanol–water partition coefficient (Wildman–Crippen LogP) is 5.86. The molecule has 2 atom stereocenters. The van der Waals surface area contributed by atoms with Crippen molar-refractivity contribution in [2.24, 2.45) is 11.3 Å². The normalized spacial score (nSPS) is 16.5. The Bertz CT molecular complexity index is 273. The second-order valence-corrected chi connectivity index (χ2v) is 10.7. The second kappa shape index (κ2) is 10.6. The molecule has 0 radical (unpaired) electrons. The molecule has 0 aromatic rings. The molecule has 0 aromatic carbocycles. The average molecular weight is 315 g/mol. The summed E-state index contributed by atoms with van der Waals surface area (Å²) in [7, 11) is -2.17. The lowest BCUT2D eigenvalue weighted by Gasteiger charge is -2.28. The van der Waals surface area contributed by atoms with Crippen LogP contribution in [0.2, 0.25) is 6.55 Å². The summed E-state index contributed by atoms with van der Waals surface area (Å²) in [5.74, 6) is 0.560. The van der Waals surface area contributed by atoms with Crippen LogP contribution in [0.1, 0.15) is 73.1 Å². The number of rotatable bonds is 12. The van der Waals surface area contributed by atoms with Gasteiger partial charge in [0.25, 0.3) is 0 Å². The maximum atomic E-state index is 6.11. The third-order valence-corrected chi connectivity index (χ3v) is 5.88. The molecule has 0 aliphatic rings. The zero-order valence-electron chi connectivity index (χ0n) is 15.3. The summed E-state index contributed by atoms with van der Waals surface area (Å²) in [5.41, 5.74) is 2.28. The van der Waals surface area contributed by atoms with E-state index < -0.39 is 8.56 Å². The first-order valence-electron chi connectivity index (χ1n) is 8.64. The molecule has 21 heavy (non-hydrogen) atoms. The maximum Gasteiger partial charge on any atom is 0.361 e. The van der Waals surface area contributed by atoms with Crippen LogP contribution in [0, 0.1) is 11.3 Å². The van der Waals surface area contributed by atoms with Crippen LogP contribution >= 0.6 is 0 Å². The van der Waals surface area contributed by atoms with E-state index in [2.05, 4.69) is 47.7 Å². The van der Waals surface area contributed by atoms with E-state index in [9.17, 15) is 0 Å². The summed E-state index contributed by atoms with van der Waals surface area (Å²) in [4.78, 5) is 0. The van der Waals surface area contributed by atoms with E-state index in [0.29, 0.717) is 11.3 Å². The highest BCUT2D eigenvalue weighted by Crippen LogP contribution is 2.25. The van der Waals surface area contributed by atoms with Crippen LogP contribution in [0.4, 0.5) is 0 Å². The van der Waals surface area contributed by atoms with Gasteiger partial charge < -0.3 is 8.85 Å². The third-order valence-electron chi connectivity index (χ3n) is 3.62. The molecule has 0 saturated carbocycles. The molecule has 0 bridgehead atoms. The molecule has 2 unspecified atom stereocenters. The van der Waals surface area contributed by atoms with Crippen molar-refractivity contribution in [2.45, 2.75) is 79.7 Å². The quantitative estimate of drug-likeness (QED) is 0.332. The minimum Gasteiger partial charge on any atom is -0.391 e. The van der Waals surface area contributed by atoms with Crippen LogP contribution in [-0.4, -0.2) is 21.8 Å². The molecular formula is C18H38O2Si. The summed E-state index contributed by atoms with van der Waals surface area (Å²) in [6.07, 6.45) is 7.50. The van der Waals surface area contributed by atoms with E-state index in [-0.39, 0.29) is 0 Å². The van der Waals surface area contributed by atoms with E-state index in [1.165, 1.54) is 32.1 Å². The Labute approximate surface area is 134 Å². The molecule has 126 valence electrons. The lowest BCUT2D eigenvalue weighted by molar-refractivity contribution is 0.143. The monoisotopic (exact) mass is 314 g/mol. The van der Waals surface area contributed by atoms with Crippen molar-refractivity contribution < 1.29 is 8.85 Å². The van der Waals surface area contributed by atoms with Gasteiger partial charge >= 0.3 is 8.56 Å². The van der Waals surface area contributed by atoms with Crippen LogP contribution in [0.25, 0.3) is 0 Å². The summed E-state index contributed by atoms with van der Waals surface area (Å²) >= 11 is 0. The molecule has 0 aliphatic heterocycles. The van der Waals surface area contributed by atoms with Gasteiger partial charge in [0, 0.05) is 13.2 Å². The molecule has 0 rings (SSSR count). The number of unbranched alkanes of at least 4 members (excludes halogenated alkanes) is 4. The van der Waals surface area contributed by atoms with Crippen molar-refractivity contribution >= 4 is 8.56 Å². The smallest absolute Gasteiger partial charge is 0.361 e. The van der Waals surface area contributed by atoms with Crippen molar-refractivity contribution in [3.63, 3.8) is 0 Å². The summed E-state index contributed by atoms with van der Waals surface area (Å²) < 4.78 is 12.2. The summed E-state index contributed by atoms with van der Waals surface area (Å²) in [6, 6.07) is 0. The first-order valence-corrected chi connectivity index (χ1v) is 11.0. The standard InChI is InChI=1S/C18H38O2Si/c1-8-10-11-12-13-14-19-21(7,9-2)20-16-17(3)15-18(4,5)6/h9,17H,2,8,10-16H2,1,3-7H3. The lowest BCUT2D eigenvalue weighted by atomic mass is 9.86. The Morgan fingerprint density at radius 3 is 2.24 bits per heavy atom.